The Hall–Kier alpha value is -1.94. The van der Waals surface area contributed by atoms with Crippen LogP contribution < -0.4 is 10.6 Å². The summed E-state index contributed by atoms with van der Waals surface area (Å²) in [6.07, 6.45) is 0.337. The minimum atomic E-state index is -3.13. The van der Waals surface area contributed by atoms with Crippen molar-refractivity contribution in [1.29, 1.82) is 0 Å². The summed E-state index contributed by atoms with van der Waals surface area (Å²) in [6.45, 7) is 1.13. The Bertz CT molecular complexity index is 888. The van der Waals surface area contributed by atoms with Gasteiger partial charge in [-0.3, -0.25) is 14.5 Å². The summed E-state index contributed by atoms with van der Waals surface area (Å²) in [7, 11) is -3.13. The van der Waals surface area contributed by atoms with Gasteiger partial charge in [-0.2, -0.15) is 0 Å². The molecule has 0 aliphatic carbocycles. The highest BCUT2D eigenvalue weighted by Crippen LogP contribution is 2.30. The van der Waals surface area contributed by atoms with Crippen molar-refractivity contribution in [2.75, 3.05) is 18.1 Å². The van der Waals surface area contributed by atoms with Crippen molar-refractivity contribution in [3.8, 4) is 0 Å². The third-order valence-electron chi connectivity index (χ3n) is 4.58. The molecule has 0 aromatic heterocycles. The maximum Gasteiger partial charge on any atom is 0.325 e. The van der Waals surface area contributed by atoms with Gasteiger partial charge in [-0.1, -0.05) is 28.1 Å². The molecular weight excluding hydrogens is 426 g/mol. The third-order valence-corrected chi connectivity index (χ3v) is 6.84. The average Bonchev–Trinajstić information content (AvgIpc) is 2.99. The lowest BCUT2D eigenvalue weighted by atomic mass is 9.92. The van der Waals surface area contributed by atoms with Crippen molar-refractivity contribution in [3.63, 3.8) is 0 Å². The van der Waals surface area contributed by atoms with E-state index in [2.05, 4.69) is 26.6 Å². The number of hydrogen-bond acceptors (Lipinski definition) is 5. The minimum absolute atomic E-state index is 0.0298. The zero-order chi connectivity index (χ0) is 19.1. The molecule has 2 fully saturated rings. The lowest BCUT2D eigenvalue weighted by molar-refractivity contribution is -0.135. The lowest BCUT2D eigenvalue weighted by Crippen LogP contribution is -2.45. The third kappa shape index (κ3) is 3.61. The molecule has 2 saturated heterocycles. The van der Waals surface area contributed by atoms with E-state index in [-0.39, 0.29) is 11.5 Å². The summed E-state index contributed by atoms with van der Waals surface area (Å²) in [5.41, 5.74) is -0.673. The highest BCUT2D eigenvalue weighted by Gasteiger charge is 2.49. The lowest BCUT2D eigenvalue weighted by Gasteiger charge is -2.22. The van der Waals surface area contributed by atoms with E-state index in [1.54, 1.807) is 31.2 Å². The summed E-state index contributed by atoms with van der Waals surface area (Å²) in [5, 5.41) is 5.21. The number of rotatable bonds is 4. The highest BCUT2D eigenvalue weighted by molar-refractivity contribution is 9.10. The fourth-order valence-corrected chi connectivity index (χ4v) is 5.23. The number of hydrogen-bond donors (Lipinski definition) is 2. The second-order valence-electron chi connectivity index (χ2n) is 6.62. The SMILES string of the molecule is CC1(c2cccc(Br)c2)NC(=O)N(CC(=O)NC2CCS(=O)(=O)C2)C1=O. The van der Waals surface area contributed by atoms with E-state index in [1.807, 2.05) is 0 Å². The van der Waals surface area contributed by atoms with Crippen LogP contribution in [0.3, 0.4) is 0 Å². The van der Waals surface area contributed by atoms with Crippen molar-refractivity contribution in [2.24, 2.45) is 0 Å². The van der Waals surface area contributed by atoms with Gasteiger partial charge in [0.25, 0.3) is 5.91 Å². The molecule has 2 N–H and O–H groups in total. The summed E-state index contributed by atoms with van der Waals surface area (Å²) < 4.78 is 23.7. The molecule has 0 radical (unpaired) electrons. The molecule has 2 atom stereocenters. The second-order valence-corrected chi connectivity index (χ2v) is 9.77. The van der Waals surface area contributed by atoms with Crippen LogP contribution in [-0.2, 0) is 25.0 Å². The summed E-state index contributed by atoms with van der Waals surface area (Å²) >= 11 is 3.33. The molecule has 2 aliphatic rings. The molecule has 0 bridgehead atoms. The topological polar surface area (TPSA) is 113 Å². The fourth-order valence-electron chi connectivity index (χ4n) is 3.16. The second kappa shape index (κ2) is 6.66. The molecular formula is C16H18BrN3O5S. The van der Waals surface area contributed by atoms with Crippen LogP contribution in [0.2, 0.25) is 0 Å². The molecule has 2 aliphatic heterocycles. The molecule has 2 unspecified atom stereocenters. The van der Waals surface area contributed by atoms with Crippen LogP contribution in [0, 0.1) is 0 Å². The molecule has 1 aromatic rings. The largest absolute Gasteiger partial charge is 0.351 e. The van der Waals surface area contributed by atoms with Crippen molar-refractivity contribution in [3.05, 3.63) is 34.3 Å². The molecule has 1 aromatic carbocycles. The quantitative estimate of drug-likeness (QED) is 0.658. The highest BCUT2D eigenvalue weighted by atomic mass is 79.9. The zero-order valence-electron chi connectivity index (χ0n) is 14.0. The van der Waals surface area contributed by atoms with Gasteiger partial charge >= 0.3 is 6.03 Å². The van der Waals surface area contributed by atoms with Gasteiger partial charge in [-0.15, -0.1) is 0 Å². The number of halogens is 1. The van der Waals surface area contributed by atoms with Crippen LogP contribution in [0.4, 0.5) is 4.79 Å². The van der Waals surface area contributed by atoms with Gasteiger partial charge in [0, 0.05) is 10.5 Å². The Morgan fingerprint density at radius 3 is 2.77 bits per heavy atom. The fraction of sp³-hybridized carbons (Fsp3) is 0.438. The Labute approximate surface area is 159 Å². The van der Waals surface area contributed by atoms with Crippen molar-refractivity contribution in [1.82, 2.24) is 15.5 Å². The van der Waals surface area contributed by atoms with E-state index in [4.69, 9.17) is 0 Å². The number of nitrogens with zero attached hydrogens (tertiary/aromatic N) is 1. The van der Waals surface area contributed by atoms with Crippen LogP contribution in [-0.4, -0.2) is 55.3 Å². The summed E-state index contributed by atoms with van der Waals surface area (Å²) in [6, 6.07) is 5.85. The van der Waals surface area contributed by atoms with Crippen LogP contribution in [0.15, 0.2) is 28.7 Å². The number of carbonyl (C=O) groups excluding carboxylic acids is 3. The number of amides is 4. The van der Waals surface area contributed by atoms with Crippen molar-refractivity contribution in [2.45, 2.75) is 24.9 Å². The molecule has 3 rings (SSSR count). The van der Waals surface area contributed by atoms with Gasteiger partial charge in [0.2, 0.25) is 5.91 Å². The van der Waals surface area contributed by atoms with Crippen molar-refractivity contribution >= 4 is 43.6 Å². The Balaban J connectivity index is 1.70. The number of urea groups is 1. The molecule has 8 nitrogen and oxygen atoms in total. The van der Waals surface area contributed by atoms with E-state index < -0.39 is 45.8 Å². The normalized spacial score (nSPS) is 27.5. The Kier molecular flexibility index (Phi) is 4.82. The molecule has 4 amide bonds. The molecule has 0 saturated carbocycles. The van der Waals surface area contributed by atoms with Gasteiger partial charge in [0.05, 0.1) is 11.5 Å². The number of carbonyl (C=O) groups is 3. The Morgan fingerprint density at radius 2 is 2.15 bits per heavy atom. The van der Waals surface area contributed by atoms with E-state index in [1.165, 1.54) is 0 Å². The molecule has 2 heterocycles. The monoisotopic (exact) mass is 443 g/mol. The average molecular weight is 444 g/mol. The predicted molar refractivity (Wildman–Crippen MR) is 96.9 cm³/mol. The van der Waals surface area contributed by atoms with Crippen LogP contribution in [0.1, 0.15) is 18.9 Å². The van der Waals surface area contributed by atoms with Crippen LogP contribution in [0.25, 0.3) is 0 Å². The number of nitrogens with one attached hydrogen (secondary N) is 2. The summed E-state index contributed by atoms with van der Waals surface area (Å²) in [5.74, 6) is -1.18. The van der Waals surface area contributed by atoms with Gasteiger partial charge in [-0.05, 0) is 31.0 Å². The van der Waals surface area contributed by atoms with Gasteiger partial charge in [-0.25, -0.2) is 13.2 Å². The minimum Gasteiger partial charge on any atom is -0.351 e. The maximum atomic E-state index is 12.8. The standard InChI is InChI=1S/C16H18BrN3O5S/c1-16(10-3-2-4-11(17)7-10)14(22)20(15(23)19-16)8-13(21)18-12-5-6-26(24,25)9-12/h2-4,7,12H,5-6,8-9H2,1H3,(H,18,21)(H,19,23). The smallest absolute Gasteiger partial charge is 0.325 e. The van der Waals surface area contributed by atoms with Crippen LogP contribution >= 0.6 is 15.9 Å². The molecule has 0 spiro atoms. The predicted octanol–water partition coefficient (Wildman–Crippen LogP) is 0.519. The number of sulfone groups is 1. The van der Waals surface area contributed by atoms with Gasteiger partial charge < -0.3 is 10.6 Å². The van der Waals surface area contributed by atoms with Gasteiger partial charge in [0.15, 0.2) is 9.84 Å². The van der Waals surface area contributed by atoms with Crippen molar-refractivity contribution < 1.29 is 22.8 Å². The first-order valence-electron chi connectivity index (χ1n) is 8.01. The Morgan fingerprint density at radius 1 is 1.42 bits per heavy atom. The molecule has 26 heavy (non-hydrogen) atoms. The first kappa shape index (κ1) is 18.8. The number of benzene rings is 1. The van der Waals surface area contributed by atoms with E-state index in [0.29, 0.717) is 12.0 Å². The first-order chi connectivity index (χ1) is 12.1. The molecule has 140 valence electrons. The number of imide groups is 1. The summed E-state index contributed by atoms with van der Waals surface area (Å²) in [4.78, 5) is 38.0. The van der Waals surface area contributed by atoms with E-state index in [0.717, 1.165) is 9.37 Å². The first-order valence-corrected chi connectivity index (χ1v) is 10.6. The molecule has 10 heteroatoms. The maximum absolute atomic E-state index is 12.8. The van der Waals surface area contributed by atoms with E-state index >= 15 is 0 Å². The van der Waals surface area contributed by atoms with Crippen LogP contribution in [0.5, 0.6) is 0 Å². The van der Waals surface area contributed by atoms with Gasteiger partial charge in [0.1, 0.15) is 12.1 Å². The van der Waals surface area contributed by atoms with E-state index in [9.17, 15) is 22.8 Å². The zero-order valence-corrected chi connectivity index (χ0v) is 16.4.